The summed E-state index contributed by atoms with van der Waals surface area (Å²) in [6.07, 6.45) is 7.17. The average molecular weight is 629 g/mol. The number of para-hydroxylation sites is 1. The molecule has 6 rings (SSSR count). The molecule has 1 aromatic heterocycles. The molecule has 1 aliphatic carbocycles. The van der Waals surface area contributed by atoms with Gasteiger partial charge in [-0.1, -0.05) is 98.1 Å². The number of aromatic amines is 1. The maximum absolute atomic E-state index is 15.1. The summed E-state index contributed by atoms with van der Waals surface area (Å²) in [6, 6.07) is 32.4. The van der Waals surface area contributed by atoms with Crippen LogP contribution in [-0.4, -0.2) is 41.9 Å². The van der Waals surface area contributed by atoms with E-state index in [2.05, 4.69) is 20.9 Å². The number of nitrogens with one attached hydrogen (secondary N) is 4. The van der Waals surface area contributed by atoms with Crippen LogP contribution >= 0.6 is 0 Å². The predicted molar refractivity (Wildman–Crippen MR) is 183 cm³/mol. The molecule has 0 unspecified atom stereocenters. The number of ether oxygens (including phenoxy) is 1. The summed E-state index contributed by atoms with van der Waals surface area (Å²) in [6.45, 7) is 0. The lowest BCUT2D eigenvalue weighted by molar-refractivity contribution is -0.132. The first kappa shape index (κ1) is 31.6. The van der Waals surface area contributed by atoms with Gasteiger partial charge in [-0.25, -0.2) is 0 Å². The molecule has 0 saturated heterocycles. The highest BCUT2D eigenvalue weighted by molar-refractivity contribution is 6.05. The quantitative estimate of drug-likeness (QED) is 0.143. The van der Waals surface area contributed by atoms with Gasteiger partial charge in [-0.3, -0.25) is 14.4 Å². The molecule has 8 nitrogen and oxygen atoms in total. The smallest absolute Gasteiger partial charge is 0.255 e. The summed E-state index contributed by atoms with van der Waals surface area (Å²) < 4.78 is 5.30. The van der Waals surface area contributed by atoms with Crippen LogP contribution in [0.25, 0.3) is 10.9 Å². The van der Waals surface area contributed by atoms with Crippen LogP contribution in [0, 0.1) is 0 Å². The molecule has 47 heavy (non-hydrogen) atoms. The first-order valence-electron chi connectivity index (χ1n) is 16.2. The lowest BCUT2D eigenvalue weighted by Crippen LogP contribution is -2.61. The fourth-order valence-corrected chi connectivity index (χ4v) is 6.53. The number of rotatable bonds is 11. The van der Waals surface area contributed by atoms with Crippen molar-refractivity contribution >= 4 is 28.6 Å². The molecule has 0 bridgehead atoms. The Morgan fingerprint density at radius 3 is 2.19 bits per heavy atom. The van der Waals surface area contributed by atoms with Crippen molar-refractivity contribution in [3.05, 3.63) is 138 Å². The third-order valence-electron chi connectivity index (χ3n) is 9.05. The standard InChI is InChI=1S/C39H40N4O4/c1-47-31-23-21-28(22-24-31)36(44)43-39(29-15-7-3-8-16-29,33-26-40-34-20-12-11-19-32(33)34)38(46)42-35(25-27-13-5-2-6-14-27)37(45)41-30-17-9-4-10-18-30/h2-3,5-8,11-16,19-24,26,30,35,40H,4,9-10,17-18,25H2,1H3,(H,41,45)(H,42,46)(H,43,44)/t35-,39-/m0/s1. The number of fused-ring (bicyclic) bond motifs is 1. The van der Waals surface area contributed by atoms with Crippen LogP contribution in [0.4, 0.5) is 0 Å². The van der Waals surface area contributed by atoms with Gasteiger partial charge in [-0.15, -0.1) is 0 Å². The molecule has 1 heterocycles. The number of amides is 3. The SMILES string of the molecule is COc1ccc(C(=O)N[C@@](C(=O)N[C@@H](Cc2ccccc2)C(=O)NC2CCCCC2)(c2ccccc2)c2c[nH]c3ccccc23)cc1. The maximum atomic E-state index is 15.1. The summed E-state index contributed by atoms with van der Waals surface area (Å²) in [5.74, 6) is -0.604. The van der Waals surface area contributed by atoms with Gasteiger partial charge in [0.2, 0.25) is 5.91 Å². The van der Waals surface area contributed by atoms with E-state index in [9.17, 15) is 9.59 Å². The molecule has 4 N–H and O–H groups in total. The Kier molecular flexibility index (Phi) is 9.67. The largest absolute Gasteiger partial charge is 0.497 e. The zero-order valence-corrected chi connectivity index (χ0v) is 26.5. The summed E-state index contributed by atoms with van der Waals surface area (Å²) in [5, 5.41) is 10.3. The topological polar surface area (TPSA) is 112 Å². The van der Waals surface area contributed by atoms with Crippen LogP contribution in [0.2, 0.25) is 0 Å². The molecule has 1 aliphatic rings. The van der Waals surface area contributed by atoms with E-state index in [4.69, 9.17) is 4.74 Å². The highest BCUT2D eigenvalue weighted by Crippen LogP contribution is 2.36. The first-order chi connectivity index (χ1) is 23.0. The number of hydrogen-bond donors (Lipinski definition) is 4. The minimum absolute atomic E-state index is 0.0636. The number of aromatic nitrogens is 1. The van der Waals surface area contributed by atoms with E-state index in [1.807, 2.05) is 84.9 Å². The van der Waals surface area contributed by atoms with E-state index >= 15 is 4.79 Å². The van der Waals surface area contributed by atoms with Crippen LogP contribution in [0.3, 0.4) is 0 Å². The minimum Gasteiger partial charge on any atom is -0.497 e. The third-order valence-corrected chi connectivity index (χ3v) is 9.05. The van der Waals surface area contributed by atoms with Crippen LogP contribution < -0.4 is 20.7 Å². The lowest BCUT2D eigenvalue weighted by atomic mass is 9.80. The molecule has 1 fully saturated rings. The van der Waals surface area contributed by atoms with Crippen LogP contribution in [0.5, 0.6) is 5.75 Å². The summed E-state index contributed by atoms with van der Waals surface area (Å²) in [5.41, 5.74) is 1.48. The minimum atomic E-state index is -1.71. The van der Waals surface area contributed by atoms with E-state index in [0.29, 0.717) is 22.4 Å². The predicted octanol–water partition coefficient (Wildman–Crippen LogP) is 6.03. The number of benzene rings is 4. The fourth-order valence-electron chi connectivity index (χ4n) is 6.53. The second-order valence-electron chi connectivity index (χ2n) is 12.1. The van der Waals surface area contributed by atoms with Gasteiger partial charge in [0, 0.05) is 40.7 Å². The molecule has 240 valence electrons. The zero-order valence-electron chi connectivity index (χ0n) is 26.5. The van der Waals surface area contributed by atoms with Crippen molar-refractivity contribution in [3.63, 3.8) is 0 Å². The molecule has 0 aliphatic heterocycles. The van der Waals surface area contributed by atoms with Crippen molar-refractivity contribution in [2.75, 3.05) is 7.11 Å². The Morgan fingerprint density at radius 2 is 1.49 bits per heavy atom. The van der Waals surface area contributed by atoms with Crippen molar-refractivity contribution < 1.29 is 19.1 Å². The van der Waals surface area contributed by atoms with Gasteiger partial charge >= 0.3 is 0 Å². The molecule has 1 saturated carbocycles. The third kappa shape index (κ3) is 6.92. The molecule has 8 heteroatoms. The molecule has 0 radical (unpaired) electrons. The number of H-pyrrole nitrogens is 1. The summed E-state index contributed by atoms with van der Waals surface area (Å²) >= 11 is 0. The van der Waals surface area contributed by atoms with E-state index < -0.39 is 23.4 Å². The van der Waals surface area contributed by atoms with E-state index in [1.54, 1.807) is 37.6 Å². The number of hydrogen-bond acceptors (Lipinski definition) is 4. The molecule has 4 aromatic carbocycles. The Morgan fingerprint density at radius 1 is 0.830 bits per heavy atom. The average Bonchev–Trinajstić information content (AvgIpc) is 3.56. The fraction of sp³-hybridized carbons (Fsp3) is 0.256. The van der Waals surface area contributed by atoms with Gasteiger partial charge in [0.05, 0.1) is 7.11 Å². The van der Waals surface area contributed by atoms with Crippen molar-refractivity contribution in [1.29, 1.82) is 0 Å². The Bertz CT molecular complexity index is 1810. The van der Waals surface area contributed by atoms with Crippen LogP contribution in [-0.2, 0) is 21.5 Å². The molecule has 0 spiro atoms. The van der Waals surface area contributed by atoms with E-state index in [1.165, 1.54) is 0 Å². The zero-order chi connectivity index (χ0) is 32.6. The number of methoxy groups -OCH3 is 1. The lowest BCUT2D eigenvalue weighted by Gasteiger charge is -2.36. The van der Waals surface area contributed by atoms with Gasteiger partial charge < -0.3 is 25.7 Å². The monoisotopic (exact) mass is 628 g/mol. The molecule has 3 amide bonds. The number of carbonyl (C=O) groups is 3. The Balaban J connectivity index is 1.45. The van der Waals surface area contributed by atoms with Crippen LogP contribution in [0.15, 0.2) is 115 Å². The highest BCUT2D eigenvalue weighted by atomic mass is 16.5. The summed E-state index contributed by atoms with van der Waals surface area (Å²) in [7, 11) is 1.56. The van der Waals surface area contributed by atoms with Gasteiger partial charge in [-0.05, 0) is 54.3 Å². The molecule has 2 atom stereocenters. The van der Waals surface area contributed by atoms with Gasteiger partial charge in [0.25, 0.3) is 11.8 Å². The summed E-state index contributed by atoms with van der Waals surface area (Å²) in [4.78, 5) is 46.5. The first-order valence-corrected chi connectivity index (χ1v) is 16.2. The Hall–Kier alpha value is -5.37. The Labute approximate surface area is 274 Å². The van der Waals surface area contributed by atoms with E-state index in [0.717, 1.165) is 48.6 Å². The number of carbonyl (C=O) groups excluding carboxylic acids is 3. The normalized spacial score (nSPS) is 15.3. The second kappa shape index (κ2) is 14.4. The van der Waals surface area contributed by atoms with Crippen molar-refractivity contribution in [2.45, 2.75) is 56.1 Å². The maximum Gasteiger partial charge on any atom is 0.255 e. The van der Waals surface area contributed by atoms with Gasteiger partial charge in [0.15, 0.2) is 5.54 Å². The molecular weight excluding hydrogens is 588 g/mol. The van der Waals surface area contributed by atoms with E-state index in [-0.39, 0.29) is 18.4 Å². The van der Waals surface area contributed by atoms with Crippen LogP contribution in [0.1, 0.15) is 59.2 Å². The molecular formula is C39H40N4O4. The van der Waals surface area contributed by atoms with Gasteiger partial charge in [-0.2, -0.15) is 0 Å². The van der Waals surface area contributed by atoms with Crippen molar-refractivity contribution in [2.24, 2.45) is 0 Å². The van der Waals surface area contributed by atoms with Gasteiger partial charge in [0.1, 0.15) is 11.8 Å². The highest BCUT2D eigenvalue weighted by Gasteiger charge is 2.46. The second-order valence-corrected chi connectivity index (χ2v) is 12.1. The van der Waals surface area contributed by atoms with Crippen molar-refractivity contribution in [1.82, 2.24) is 20.9 Å². The molecule has 5 aromatic rings. The van der Waals surface area contributed by atoms with Crippen molar-refractivity contribution in [3.8, 4) is 5.75 Å².